The molecule has 2 aromatic carbocycles. The van der Waals surface area contributed by atoms with Crippen LogP contribution in [0, 0.1) is 0 Å². The van der Waals surface area contributed by atoms with Gasteiger partial charge in [-0.05, 0) is 35.4 Å². The fourth-order valence-electron chi connectivity index (χ4n) is 4.64. The standard InChI is InChI=1S/C30H31N9O10S3.Na/c1-30(2,27(43)48-24(17-10-6-4-7-11-17)18-12-8-5-9-13-18)49-35-22(19-15-50-28(31)32-19)25(41)33-23-20(39(26(23)42)52(44,45)46)14-47-21(40)16-51-29-34-36-37-38(29)3;/h4-13,15,20,23-24H,14,16H2,1-3H3,(H2,31,32)(H,33,41)(H,44,45,46);/q;+1/p-1/b35-22-;/t20-,23+;/m0./s1. The van der Waals surface area contributed by atoms with Crippen molar-refractivity contribution in [2.75, 3.05) is 18.1 Å². The molecule has 4 aromatic rings. The molecular formula is C30H30N9NaO10S3. The first-order valence-corrected chi connectivity index (χ1v) is 18.3. The molecule has 0 spiro atoms. The Morgan fingerprint density at radius 2 is 1.74 bits per heavy atom. The number of thiazole rings is 1. The third-order valence-corrected chi connectivity index (χ3v) is 9.87. The summed E-state index contributed by atoms with van der Waals surface area (Å²) in [5.74, 6) is -4.43. The molecule has 274 valence electrons. The van der Waals surface area contributed by atoms with Gasteiger partial charge in [0.05, 0.1) is 5.75 Å². The number of benzene rings is 2. The van der Waals surface area contributed by atoms with E-state index in [4.69, 9.17) is 20.0 Å². The summed E-state index contributed by atoms with van der Waals surface area (Å²) in [6.45, 7) is 1.93. The number of nitrogens with zero attached hydrogens (tertiary/aromatic N) is 7. The summed E-state index contributed by atoms with van der Waals surface area (Å²) < 4.78 is 47.9. The molecular weight excluding hydrogens is 766 g/mol. The van der Waals surface area contributed by atoms with Crippen LogP contribution in [0.2, 0.25) is 0 Å². The van der Waals surface area contributed by atoms with Gasteiger partial charge in [0.2, 0.25) is 10.8 Å². The van der Waals surface area contributed by atoms with Crippen molar-refractivity contribution in [1.82, 2.24) is 34.8 Å². The molecule has 2 amide bonds. The molecule has 23 heteroatoms. The molecule has 0 aliphatic carbocycles. The van der Waals surface area contributed by atoms with E-state index in [2.05, 4.69) is 31.0 Å². The molecule has 1 saturated heterocycles. The van der Waals surface area contributed by atoms with Crippen molar-refractivity contribution in [3.8, 4) is 0 Å². The number of carbonyl (C=O) groups excluding carboxylic acids is 4. The molecule has 2 aromatic heterocycles. The Bertz CT molecular complexity index is 2040. The number of hydrogen-bond acceptors (Lipinski definition) is 18. The fourth-order valence-corrected chi connectivity index (χ4v) is 6.69. The molecule has 5 rings (SSSR count). The number of rotatable bonds is 15. The van der Waals surface area contributed by atoms with Crippen LogP contribution in [0.15, 0.2) is 76.4 Å². The third kappa shape index (κ3) is 10.2. The van der Waals surface area contributed by atoms with Crippen molar-refractivity contribution in [2.45, 2.75) is 42.8 Å². The number of oxime groups is 1. The topological polar surface area (TPSA) is 263 Å². The number of thioether (sulfide) groups is 1. The summed E-state index contributed by atoms with van der Waals surface area (Å²) in [5.41, 5.74) is 4.66. The first-order valence-electron chi connectivity index (χ1n) is 15.0. The van der Waals surface area contributed by atoms with Gasteiger partial charge >= 0.3 is 41.5 Å². The zero-order valence-electron chi connectivity index (χ0n) is 28.5. The van der Waals surface area contributed by atoms with Crippen LogP contribution in [0.25, 0.3) is 0 Å². The minimum Gasteiger partial charge on any atom is -0.731 e. The van der Waals surface area contributed by atoms with Crippen LogP contribution in [-0.2, 0) is 50.8 Å². The van der Waals surface area contributed by atoms with Gasteiger partial charge in [0.1, 0.15) is 24.4 Å². The number of amides is 2. The van der Waals surface area contributed by atoms with E-state index in [0.29, 0.717) is 11.1 Å². The molecule has 0 bridgehead atoms. The number of nitrogen functional groups attached to an aromatic ring is 1. The minimum absolute atomic E-state index is 0. The largest absolute Gasteiger partial charge is 1.00 e. The van der Waals surface area contributed by atoms with Crippen molar-refractivity contribution in [3.63, 3.8) is 0 Å². The molecule has 2 atom stereocenters. The van der Waals surface area contributed by atoms with E-state index in [0.717, 1.165) is 23.1 Å². The van der Waals surface area contributed by atoms with Crippen LogP contribution in [0.1, 0.15) is 36.8 Å². The minimum atomic E-state index is -5.37. The van der Waals surface area contributed by atoms with Crippen LogP contribution in [0.3, 0.4) is 0 Å². The van der Waals surface area contributed by atoms with Gasteiger partial charge in [0, 0.05) is 12.4 Å². The van der Waals surface area contributed by atoms with E-state index in [1.165, 1.54) is 23.9 Å². The molecule has 53 heavy (non-hydrogen) atoms. The summed E-state index contributed by atoms with van der Waals surface area (Å²) in [7, 11) is -3.83. The van der Waals surface area contributed by atoms with Crippen LogP contribution < -0.4 is 40.6 Å². The van der Waals surface area contributed by atoms with Gasteiger partial charge in [0.15, 0.2) is 27.3 Å². The number of esters is 2. The van der Waals surface area contributed by atoms with E-state index in [9.17, 15) is 32.1 Å². The van der Waals surface area contributed by atoms with Crippen LogP contribution in [0.4, 0.5) is 5.13 Å². The fraction of sp³-hybridized carbons (Fsp3) is 0.300. The number of hydrogen-bond donors (Lipinski definition) is 2. The monoisotopic (exact) mass is 795 g/mol. The van der Waals surface area contributed by atoms with Crippen molar-refractivity contribution in [1.29, 1.82) is 0 Å². The Balaban J connectivity index is 0.00000627. The third-order valence-electron chi connectivity index (χ3n) is 7.28. The summed E-state index contributed by atoms with van der Waals surface area (Å²) in [6.07, 6.45) is -0.818. The summed E-state index contributed by atoms with van der Waals surface area (Å²) >= 11 is 1.86. The Labute approximate surface area is 332 Å². The van der Waals surface area contributed by atoms with E-state index in [-0.39, 0.29) is 55.6 Å². The van der Waals surface area contributed by atoms with Gasteiger partial charge in [-0.25, -0.2) is 27.2 Å². The molecule has 0 unspecified atom stereocenters. The van der Waals surface area contributed by atoms with Gasteiger partial charge in [-0.1, -0.05) is 77.6 Å². The van der Waals surface area contributed by atoms with Gasteiger partial charge in [-0.2, -0.15) is 0 Å². The quantitative estimate of drug-likeness (QED) is 0.0241. The second-order valence-corrected chi connectivity index (χ2v) is 14.5. The number of carbonyl (C=O) groups is 4. The van der Waals surface area contributed by atoms with Crippen molar-refractivity contribution in [2.24, 2.45) is 12.2 Å². The molecule has 0 radical (unpaired) electrons. The number of ether oxygens (including phenoxy) is 2. The van der Waals surface area contributed by atoms with E-state index >= 15 is 0 Å². The Kier molecular flexibility index (Phi) is 13.7. The summed E-state index contributed by atoms with van der Waals surface area (Å²) in [4.78, 5) is 61.9. The van der Waals surface area contributed by atoms with Crippen molar-refractivity contribution in [3.05, 3.63) is 82.9 Å². The molecule has 1 aliphatic heterocycles. The summed E-state index contributed by atoms with van der Waals surface area (Å²) in [5, 5.41) is 18.6. The zero-order valence-corrected chi connectivity index (χ0v) is 33.0. The number of aromatic nitrogens is 5. The number of anilines is 1. The second-order valence-electron chi connectivity index (χ2n) is 11.4. The first kappa shape index (κ1) is 41.3. The molecule has 3 N–H and O–H groups in total. The van der Waals surface area contributed by atoms with Crippen LogP contribution in [0.5, 0.6) is 0 Å². The Hall–Kier alpha value is -4.45. The maximum atomic E-state index is 13.6. The number of β-lactam (4-membered cyclic amide) rings is 1. The Morgan fingerprint density at radius 3 is 2.26 bits per heavy atom. The first-order chi connectivity index (χ1) is 24.7. The zero-order chi connectivity index (χ0) is 37.6. The van der Waals surface area contributed by atoms with Gasteiger partial charge in [-0.3, -0.25) is 14.4 Å². The maximum absolute atomic E-state index is 13.6. The van der Waals surface area contributed by atoms with Crippen LogP contribution >= 0.6 is 23.1 Å². The van der Waals surface area contributed by atoms with Crippen molar-refractivity contribution >= 4 is 68.0 Å². The average Bonchev–Trinajstić information content (AvgIpc) is 3.73. The molecule has 1 aliphatic rings. The predicted molar refractivity (Wildman–Crippen MR) is 182 cm³/mol. The van der Waals surface area contributed by atoms with E-state index < -0.39 is 70.2 Å². The van der Waals surface area contributed by atoms with Crippen molar-refractivity contribution < 1.29 is 76.0 Å². The van der Waals surface area contributed by atoms with Gasteiger partial charge in [0.25, 0.3) is 11.8 Å². The number of nitrogens with two attached hydrogens (primary N) is 1. The Morgan fingerprint density at radius 1 is 1.11 bits per heavy atom. The average molecular weight is 796 g/mol. The number of nitrogens with one attached hydrogen (secondary N) is 1. The second kappa shape index (κ2) is 17.6. The predicted octanol–water partition coefficient (Wildman–Crippen LogP) is -2.42. The van der Waals surface area contributed by atoms with E-state index in [1.807, 2.05) is 12.1 Å². The molecule has 0 saturated carbocycles. The van der Waals surface area contributed by atoms with E-state index in [1.54, 1.807) is 55.6 Å². The number of aryl methyl sites for hydroxylation is 1. The molecule has 3 heterocycles. The summed E-state index contributed by atoms with van der Waals surface area (Å²) in [6, 6.07) is 14.7. The molecule has 1 fully saturated rings. The smallest absolute Gasteiger partial charge is 0.731 e. The van der Waals surface area contributed by atoms with Crippen LogP contribution in [-0.4, -0.2) is 102 Å². The van der Waals surface area contributed by atoms with Gasteiger partial charge in [-0.15, -0.1) is 16.4 Å². The SMILES string of the molecule is Cn1nnnc1SCC(=O)OC[C@H]1[C@@H](NC(=O)/C(=N\OC(C)(C)C(=O)OC(c2ccccc2)c2ccccc2)c2csc(N)n2)C(=O)N1S(=O)(=O)[O-].[Na+]. The number of tetrazole rings is 1. The normalized spacial score (nSPS) is 16.0. The molecule has 19 nitrogen and oxygen atoms in total. The maximum Gasteiger partial charge on any atom is 1.00 e. The van der Waals surface area contributed by atoms with Gasteiger partial charge < -0.3 is 29.9 Å².